The number of Topliss-reactive ketones (excluding diaryl/α,β-unsaturated/α-hetero) is 1. The highest BCUT2D eigenvalue weighted by Crippen LogP contribution is 2.48. The van der Waals surface area contributed by atoms with E-state index in [1.54, 1.807) is 0 Å². The minimum Gasteiger partial charge on any atom is -0.478 e. The highest BCUT2D eigenvalue weighted by atomic mass is 35.5. The maximum absolute atomic E-state index is 13.7. The largest absolute Gasteiger partial charge is 0.478 e. The molecule has 35 heavy (non-hydrogen) atoms. The number of anilines is 1. The van der Waals surface area contributed by atoms with Crippen LogP contribution < -0.4 is 4.90 Å². The number of ketones is 1. The summed E-state index contributed by atoms with van der Waals surface area (Å²) in [6, 6.07) is 21.9. The zero-order chi connectivity index (χ0) is 24.7. The molecule has 3 aromatic rings. The molecule has 6 heteroatoms. The average molecular weight is 486 g/mol. The number of aryl methyl sites for hydroxylation is 1. The van der Waals surface area contributed by atoms with Gasteiger partial charge in [0.2, 0.25) is 5.91 Å². The molecule has 1 N–H and O–H groups in total. The standard InChI is InChI=1S/C29H24ClNO4/c1-17-7-5-6-10-21(17)22-16-27(33)31(24-13-19(29(34)35)11-12-23(24)30)25-14-20(15-26(32)28(22)25)18-8-3-2-4-9-18/h2-13,20,22H,14-16H2,1H3,(H,34,35). The molecule has 1 aliphatic heterocycles. The van der Waals surface area contributed by atoms with Gasteiger partial charge in [0, 0.05) is 30.0 Å². The van der Waals surface area contributed by atoms with Gasteiger partial charge in [-0.3, -0.25) is 14.5 Å². The molecule has 0 saturated heterocycles. The molecular weight excluding hydrogens is 462 g/mol. The number of benzene rings is 3. The Kier molecular flexibility index (Phi) is 6.03. The summed E-state index contributed by atoms with van der Waals surface area (Å²) in [4.78, 5) is 40.6. The molecule has 5 rings (SSSR count). The van der Waals surface area contributed by atoms with Crippen molar-refractivity contribution in [2.75, 3.05) is 4.90 Å². The third-order valence-corrected chi connectivity index (χ3v) is 7.32. The van der Waals surface area contributed by atoms with Crippen LogP contribution in [0.3, 0.4) is 0 Å². The number of hydrogen-bond acceptors (Lipinski definition) is 3. The second kappa shape index (κ2) is 9.16. The summed E-state index contributed by atoms with van der Waals surface area (Å²) in [5.41, 5.74) is 4.59. The lowest BCUT2D eigenvalue weighted by molar-refractivity contribution is -0.120. The molecule has 176 valence electrons. The van der Waals surface area contributed by atoms with Crippen LogP contribution in [0.25, 0.3) is 0 Å². The van der Waals surface area contributed by atoms with Crippen molar-refractivity contribution >= 4 is 34.9 Å². The molecule has 0 saturated carbocycles. The van der Waals surface area contributed by atoms with Crippen molar-refractivity contribution in [2.24, 2.45) is 0 Å². The van der Waals surface area contributed by atoms with Crippen LogP contribution in [0.4, 0.5) is 5.69 Å². The van der Waals surface area contributed by atoms with E-state index in [4.69, 9.17) is 11.6 Å². The summed E-state index contributed by atoms with van der Waals surface area (Å²) in [7, 11) is 0. The maximum atomic E-state index is 13.7. The first-order valence-corrected chi connectivity index (χ1v) is 12.0. The van der Waals surface area contributed by atoms with Crippen molar-refractivity contribution in [1.82, 2.24) is 0 Å². The van der Waals surface area contributed by atoms with Gasteiger partial charge in [0.05, 0.1) is 16.3 Å². The van der Waals surface area contributed by atoms with Gasteiger partial charge in [-0.15, -0.1) is 0 Å². The minimum absolute atomic E-state index is 0.0105. The number of halogens is 1. The Bertz CT molecular complexity index is 1380. The van der Waals surface area contributed by atoms with Gasteiger partial charge >= 0.3 is 5.97 Å². The Morgan fingerprint density at radius 2 is 1.66 bits per heavy atom. The summed E-state index contributed by atoms with van der Waals surface area (Å²) >= 11 is 6.50. The molecule has 0 fully saturated rings. The molecule has 0 radical (unpaired) electrons. The van der Waals surface area contributed by atoms with Crippen molar-refractivity contribution in [3.63, 3.8) is 0 Å². The average Bonchev–Trinajstić information content (AvgIpc) is 2.85. The van der Waals surface area contributed by atoms with Crippen LogP contribution in [0.2, 0.25) is 5.02 Å². The molecule has 3 aromatic carbocycles. The van der Waals surface area contributed by atoms with E-state index in [9.17, 15) is 19.5 Å². The number of allylic oxidation sites excluding steroid dienone is 2. The molecule has 1 heterocycles. The number of rotatable bonds is 4. The van der Waals surface area contributed by atoms with Gasteiger partial charge in [-0.2, -0.15) is 0 Å². The van der Waals surface area contributed by atoms with E-state index in [1.807, 2.05) is 61.5 Å². The predicted molar refractivity (Wildman–Crippen MR) is 135 cm³/mol. The van der Waals surface area contributed by atoms with E-state index in [2.05, 4.69) is 0 Å². The Balaban J connectivity index is 1.71. The summed E-state index contributed by atoms with van der Waals surface area (Å²) in [5.74, 6) is -1.74. The van der Waals surface area contributed by atoms with Crippen LogP contribution in [0.5, 0.6) is 0 Å². The molecule has 1 aliphatic carbocycles. The second-order valence-corrected chi connectivity index (χ2v) is 9.52. The lowest BCUT2D eigenvalue weighted by Gasteiger charge is -2.41. The molecule has 0 bridgehead atoms. The fourth-order valence-corrected chi connectivity index (χ4v) is 5.54. The number of carboxylic acids is 1. The number of aromatic carboxylic acids is 1. The van der Waals surface area contributed by atoms with E-state index in [0.717, 1.165) is 16.7 Å². The topological polar surface area (TPSA) is 74.7 Å². The zero-order valence-electron chi connectivity index (χ0n) is 19.2. The SMILES string of the molecule is Cc1ccccc1C1CC(=O)N(c2cc(C(=O)O)ccc2Cl)C2=C1C(=O)CC(c1ccccc1)C2. The van der Waals surface area contributed by atoms with Crippen LogP contribution >= 0.6 is 11.6 Å². The summed E-state index contributed by atoms with van der Waals surface area (Å²) < 4.78 is 0. The van der Waals surface area contributed by atoms with Crippen molar-refractivity contribution in [3.05, 3.63) is 111 Å². The first-order valence-electron chi connectivity index (χ1n) is 11.6. The monoisotopic (exact) mass is 485 g/mol. The van der Waals surface area contributed by atoms with Crippen LogP contribution in [0.1, 0.15) is 58.1 Å². The van der Waals surface area contributed by atoms with Gasteiger partial charge in [0.25, 0.3) is 0 Å². The fraction of sp³-hybridized carbons (Fsp3) is 0.207. The molecule has 0 spiro atoms. The molecule has 5 nitrogen and oxygen atoms in total. The molecule has 2 atom stereocenters. The molecule has 2 unspecified atom stereocenters. The zero-order valence-corrected chi connectivity index (χ0v) is 20.0. The van der Waals surface area contributed by atoms with Crippen molar-refractivity contribution < 1.29 is 19.5 Å². The van der Waals surface area contributed by atoms with Crippen molar-refractivity contribution in [3.8, 4) is 0 Å². The quantitative estimate of drug-likeness (QED) is 0.472. The van der Waals surface area contributed by atoms with Crippen molar-refractivity contribution in [1.29, 1.82) is 0 Å². The first kappa shape index (κ1) is 23.1. The third-order valence-electron chi connectivity index (χ3n) is 7.00. The number of nitrogens with zero attached hydrogens (tertiary/aromatic N) is 1. The van der Waals surface area contributed by atoms with Gasteiger partial charge in [-0.1, -0.05) is 66.2 Å². The number of hydrogen-bond donors (Lipinski definition) is 1. The van der Waals surface area contributed by atoms with Gasteiger partial charge in [0.15, 0.2) is 5.78 Å². The Morgan fingerprint density at radius 1 is 0.943 bits per heavy atom. The fourth-order valence-electron chi connectivity index (χ4n) is 5.34. The van der Waals surface area contributed by atoms with Crippen molar-refractivity contribution in [2.45, 2.75) is 38.0 Å². The van der Waals surface area contributed by atoms with E-state index >= 15 is 0 Å². The molecular formula is C29H24ClNO4. The highest BCUT2D eigenvalue weighted by molar-refractivity contribution is 6.34. The highest BCUT2D eigenvalue weighted by Gasteiger charge is 2.43. The predicted octanol–water partition coefficient (Wildman–Crippen LogP) is 6.27. The van der Waals surface area contributed by atoms with Gasteiger partial charge in [-0.25, -0.2) is 4.79 Å². The minimum atomic E-state index is -1.11. The van der Waals surface area contributed by atoms with Gasteiger partial charge < -0.3 is 5.11 Å². The summed E-state index contributed by atoms with van der Waals surface area (Å²) in [6.07, 6.45) is 0.946. The Morgan fingerprint density at radius 3 is 2.37 bits per heavy atom. The van der Waals surface area contributed by atoms with Crippen LogP contribution in [0, 0.1) is 6.92 Å². The lowest BCUT2D eigenvalue weighted by Crippen LogP contribution is -2.42. The van der Waals surface area contributed by atoms with Gasteiger partial charge in [0.1, 0.15) is 0 Å². The lowest BCUT2D eigenvalue weighted by atomic mass is 9.72. The van der Waals surface area contributed by atoms with E-state index < -0.39 is 5.97 Å². The number of carbonyl (C=O) groups excluding carboxylic acids is 2. The van der Waals surface area contributed by atoms with Crippen LogP contribution in [0.15, 0.2) is 84.1 Å². The first-order chi connectivity index (χ1) is 16.8. The summed E-state index contributed by atoms with van der Waals surface area (Å²) in [6.45, 7) is 1.99. The Hall–Kier alpha value is -3.70. The molecule has 0 aromatic heterocycles. The summed E-state index contributed by atoms with van der Waals surface area (Å²) in [5, 5.41) is 9.80. The number of amides is 1. The third kappa shape index (κ3) is 4.17. The molecule has 1 amide bonds. The normalized spacial score (nSPS) is 20.1. The van der Waals surface area contributed by atoms with Crippen LogP contribution in [-0.4, -0.2) is 22.8 Å². The number of carboxylic acid groups (broad SMARTS) is 1. The molecule has 2 aliphatic rings. The van der Waals surface area contributed by atoms with E-state index in [-0.39, 0.29) is 40.5 Å². The maximum Gasteiger partial charge on any atom is 0.335 e. The number of carbonyl (C=O) groups is 3. The second-order valence-electron chi connectivity index (χ2n) is 9.11. The van der Waals surface area contributed by atoms with Gasteiger partial charge in [-0.05, 0) is 54.2 Å². The smallest absolute Gasteiger partial charge is 0.335 e. The van der Waals surface area contributed by atoms with E-state index in [1.165, 1.54) is 23.1 Å². The Labute approximate surface area is 208 Å². The van der Waals surface area contributed by atoms with E-state index in [0.29, 0.717) is 29.8 Å². The van der Waals surface area contributed by atoms with Crippen LogP contribution in [-0.2, 0) is 9.59 Å².